The van der Waals surface area contributed by atoms with Crippen LogP contribution in [0.4, 0.5) is 5.69 Å². The van der Waals surface area contributed by atoms with E-state index in [0.29, 0.717) is 5.56 Å². The van der Waals surface area contributed by atoms with E-state index in [4.69, 9.17) is 0 Å². The summed E-state index contributed by atoms with van der Waals surface area (Å²) in [5.41, 5.74) is 5.63. The van der Waals surface area contributed by atoms with Crippen LogP contribution in [-0.2, 0) is 19.5 Å². The van der Waals surface area contributed by atoms with Crippen LogP contribution in [0.2, 0.25) is 0 Å². The topological polar surface area (TPSA) is 32.3 Å². The predicted octanol–water partition coefficient (Wildman–Crippen LogP) is 5.10. The minimum atomic E-state index is -0.0744. The highest BCUT2D eigenvalue weighted by molar-refractivity contribution is 14.1. The maximum atomic E-state index is 12.4. The average Bonchev–Trinajstić information content (AvgIpc) is 2.70. The zero-order chi connectivity index (χ0) is 18.6. The number of hydrogen-bond acceptors (Lipinski definition) is 2. The molecule has 3 aromatic carbocycles. The molecule has 3 aromatic rings. The van der Waals surface area contributed by atoms with Gasteiger partial charge in [-0.3, -0.25) is 9.69 Å². The quantitative estimate of drug-likeness (QED) is 0.541. The molecule has 136 valence electrons. The number of anilines is 1. The first kappa shape index (κ1) is 18.2. The Morgan fingerprint density at radius 1 is 0.926 bits per heavy atom. The summed E-state index contributed by atoms with van der Waals surface area (Å²) in [6.45, 7) is 2.98. The van der Waals surface area contributed by atoms with E-state index in [1.807, 2.05) is 36.4 Å². The van der Waals surface area contributed by atoms with Gasteiger partial charge < -0.3 is 5.32 Å². The number of fused-ring (bicyclic) bond motifs is 1. The van der Waals surface area contributed by atoms with E-state index in [2.05, 4.69) is 69.2 Å². The maximum Gasteiger partial charge on any atom is 0.255 e. The van der Waals surface area contributed by atoms with Crippen molar-refractivity contribution < 1.29 is 4.79 Å². The van der Waals surface area contributed by atoms with Crippen molar-refractivity contribution in [3.63, 3.8) is 0 Å². The van der Waals surface area contributed by atoms with Crippen LogP contribution in [0.3, 0.4) is 0 Å². The van der Waals surface area contributed by atoms with Crippen molar-refractivity contribution in [3.05, 3.63) is 98.6 Å². The van der Waals surface area contributed by atoms with Crippen LogP contribution in [0.15, 0.2) is 72.8 Å². The third-order valence-electron chi connectivity index (χ3n) is 4.93. The standard InChI is InChI=1S/C23H21IN2O/c24-21-9-11-22(12-10-21)25-23(27)19-7-5-17(6-8-19)15-26-14-13-18-3-1-2-4-20(18)16-26/h1-12H,13-16H2,(H,25,27). The van der Waals surface area contributed by atoms with Crippen molar-refractivity contribution in [3.8, 4) is 0 Å². The molecular formula is C23H21IN2O. The first-order valence-corrected chi connectivity index (χ1v) is 10.2. The van der Waals surface area contributed by atoms with Crippen LogP contribution in [0.5, 0.6) is 0 Å². The Balaban J connectivity index is 1.37. The summed E-state index contributed by atoms with van der Waals surface area (Å²) in [5.74, 6) is -0.0744. The molecule has 1 aliphatic heterocycles. The summed E-state index contributed by atoms with van der Waals surface area (Å²) < 4.78 is 1.15. The van der Waals surface area contributed by atoms with Crippen LogP contribution in [0.1, 0.15) is 27.0 Å². The normalized spacial score (nSPS) is 13.8. The molecule has 0 spiro atoms. The molecule has 0 saturated heterocycles. The molecule has 0 atom stereocenters. The lowest BCUT2D eigenvalue weighted by molar-refractivity contribution is 0.102. The molecule has 0 unspecified atom stereocenters. The molecule has 0 saturated carbocycles. The van der Waals surface area contributed by atoms with Crippen molar-refractivity contribution >= 4 is 34.2 Å². The summed E-state index contributed by atoms with van der Waals surface area (Å²) in [6.07, 6.45) is 1.10. The largest absolute Gasteiger partial charge is 0.322 e. The minimum Gasteiger partial charge on any atom is -0.322 e. The van der Waals surface area contributed by atoms with Gasteiger partial charge >= 0.3 is 0 Å². The van der Waals surface area contributed by atoms with E-state index in [0.717, 1.165) is 35.3 Å². The van der Waals surface area contributed by atoms with Crippen LogP contribution >= 0.6 is 22.6 Å². The van der Waals surface area contributed by atoms with Gasteiger partial charge in [-0.05, 0) is 82.1 Å². The van der Waals surface area contributed by atoms with E-state index in [1.54, 1.807) is 0 Å². The van der Waals surface area contributed by atoms with Gasteiger partial charge in [0.05, 0.1) is 0 Å². The fraction of sp³-hybridized carbons (Fsp3) is 0.174. The number of nitrogens with zero attached hydrogens (tertiary/aromatic N) is 1. The van der Waals surface area contributed by atoms with Gasteiger partial charge in [-0.1, -0.05) is 36.4 Å². The number of benzene rings is 3. The first-order valence-electron chi connectivity index (χ1n) is 9.12. The highest BCUT2D eigenvalue weighted by atomic mass is 127. The minimum absolute atomic E-state index is 0.0744. The summed E-state index contributed by atoms with van der Waals surface area (Å²) in [7, 11) is 0. The van der Waals surface area contributed by atoms with Crippen molar-refractivity contribution in [1.82, 2.24) is 4.90 Å². The molecule has 1 amide bonds. The van der Waals surface area contributed by atoms with Gasteiger partial charge in [0.15, 0.2) is 0 Å². The van der Waals surface area contributed by atoms with E-state index in [1.165, 1.54) is 16.7 Å². The Kier molecular flexibility index (Phi) is 5.55. The van der Waals surface area contributed by atoms with Gasteiger partial charge in [-0.2, -0.15) is 0 Å². The zero-order valence-electron chi connectivity index (χ0n) is 15.0. The Hall–Kier alpha value is -2.18. The fourth-order valence-electron chi connectivity index (χ4n) is 3.45. The van der Waals surface area contributed by atoms with Crippen molar-refractivity contribution in [2.45, 2.75) is 19.5 Å². The lowest BCUT2D eigenvalue weighted by atomic mass is 9.99. The molecular weight excluding hydrogens is 447 g/mol. The highest BCUT2D eigenvalue weighted by Gasteiger charge is 2.16. The van der Waals surface area contributed by atoms with Gasteiger partial charge in [-0.25, -0.2) is 0 Å². The summed E-state index contributed by atoms with van der Waals surface area (Å²) in [5, 5.41) is 2.94. The predicted molar refractivity (Wildman–Crippen MR) is 118 cm³/mol. The van der Waals surface area contributed by atoms with Crippen molar-refractivity contribution in [2.24, 2.45) is 0 Å². The van der Waals surface area contributed by atoms with Crippen LogP contribution in [0, 0.1) is 3.57 Å². The van der Waals surface area contributed by atoms with Gasteiger partial charge in [0.2, 0.25) is 0 Å². The summed E-state index contributed by atoms with van der Waals surface area (Å²) >= 11 is 2.25. The number of carbonyl (C=O) groups is 1. The lowest BCUT2D eigenvalue weighted by Gasteiger charge is -2.28. The van der Waals surface area contributed by atoms with Crippen LogP contribution in [-0.4, -0.2) is 17.4 Å². The second-order valence-electron chi connectivity index (χ2n) is 6.89. The smallest absolute Gasteiger partial charge is 0.255 e. The number of carbonyl (C=O) groups excluding carboxylic acids is 1. The first-order chi connectivity index (χ1) is 13.2. The van der Waals surface area contributed by atoms with Crippen LogP contribution < -0.4 is 5.32 Å². The summed E-state index contributed by atoms with van der Waals surface area (Å²) in [6, 6.07) is 24.4. The third-order valence-corrected chi connectivity index (χ3v) is 5.65. The van der Waals surface area contributed by atoms with E-state index >= 15 is 0 Å². The second-order valence-corrected chi connectivity index (χ2v) is 8.13. The molecule has 1 aliphatic rings. The Labute approximate surface area is 173 Å². The second kappa shape index (κ2) is 8.23. The average molecular weight is 468 g/mol. The Morgan fingerprint density at radius 3 is 2.37 bits per heavy atom. The molecule has 1 N–H and O–H groups in total. The molecule has 27 heavy (non-hydrogen) atoms. The maximum absolute atomic E-state index is 12.4. The fourth-order valence-corrected chi connectivity index (χ4v) is 3.80. The number of halogens is 1. The van der Waals surface area contributed by atoms with Crippen molar-refractivity contribution in [1.29, 1.82) is 0 Å². The van der Waals surface area contributed by atoms with E-state index in [9.17, 15) is 4.79 Å². The van der Waals surface area contributed by atoms with E-state index in [-0.39, 0.29) is 5.91 Å². The van der Waals surface area contributed by atoms with Gasteiger partial charge in [0.25, 0.3) is 5.91 Å². The van der Waals surface area contributed by atoms with Crippen molar-refractivity contribution in [2.75, 3.05) is 11.9 Å². The van der Waals surface area contributed by atoms with Gasteiger partial charge in [0.1, 0.15) is 0 Å². The molecule has 0 aromatic heterocycles. The van der Waals surface area contributed by atoms with Crippen LogP contribution in [0.25, 0.3) is 0 Å². The van der Waals surface area contributed by atoms with E-state index < -0.39 is 0 Å². The number of amides is 1. The molecule has 4 rings (SSSR count). The molecule has 4 heteroatoms. The molecule has 3 nitrogen and oxygen atoms in total. The third kappa shape index (κ3) is 4.57. The molecule has 1 heterocycles. The lowest BCUT2D eigenvalue weighted by Crippen LogP contribution is -2.29. The Bertz CT molecular complexity index is 935. The number of hydrogen-bond donors (Lipinski definition) is 1. The Morgan fingerprint density at radius 2 is 1.63 bits per heavy atom. The zero-order valence-corrected chi connectivity index (χ0v) is 17.1. The monoisotopic (exact) mass is 468 g/mol. The highest BCUT2D eigenvalue weighted by Crippen LogP contribution is 2.20. The number of nitrogens with one attached hydrogen (secondary N) is 1. The van der Waals surface area contributed by atoms with Gasteiger partial charge in [-0.15, -0.1) is 0 Å². The molecule has 0 fully saturated rings. The van der Waals surface area contributed by atoms with Gasteiger partial charge in [0, 0.05) is 34.5 Å². The molecule has 0 bridgehead atoms. The molecule has 0 radical (unpaired) electrons. The number of rotatable bonds is 4. The SMILES string of the molecule is O=C(Nc1ccc(I)cc1)c1ccc(CN2CCc3ccccc3C2)cc1. The summed E-state index contributed by atoms with van der Waals surface area (Å²) in [4.78, 5) is 14.9. The molecule has 0 aliphatic carbocycles.